The van der Waals surface area contributed by atoms with Crippen LogP contribution in [0.25, 0.3) is 0 Å². The minimum absolute atomic E-state index is 0.0636. The van der Waals surface area contributed by atoms with E-state index in [0.717, 1.165) is 6.42 Å². The van der Waals surface area contributed by atoms with Gasteiger partial charge in [-0.1, -0.05) is 13.8 Å². The molecule has 0 saturated carbocycles. The van der Waals surface area contributed by atoms with Crippen molar-refractivity contribution >= 4 is 5.97 Å². The molecule has 1 N–H and O–H groups in total. The quantitative estimate of drug-likeness (QED) is 0.715. The molecule has 0 atom stereocenters. The lowest BCUT2D eigenvalue weighted by atomic mass is 9.80. The monoisotopic (exact) mass is 215 g/mol. The summed E-state index contributed by atoms with van der Waals surface area (Å²) in [5.74, 6) is -0.152. The molecule has 0 aliphatic rings. The normalized spacial score (nSPS) is 13.1. The van der Waals surface area contributed by atoms with Crippen LogP contribution in [0.3, 0.4) is 0 Å². The van der Waals surface area contributed by atoms with Crippen LogP contribution in [-0.4, -0.2) is 24.7 Å². The largest absolute Gasteiger partial charge is 0.469 e. The van der Waals surface area contributed by atoms with Crippen LogP contribution in [0.5, 0.6) is 0 Å². The number of rotatable bonds is 5. The van der Waals surface area contributed by atoms with E-state index in [-0.39, 0.29) is 11.5 Å². The third kappa shape index (κ3) is 5.17. The molecule has 0 unspecified atom stereocenters. The Morgan fingerprint density at radius 2 is 1.73 bits per heavy atom. The maximum absolute atomic E-state index is 11.5. The standard InChI is InChI=1S/C12H25NO2/c1-9(2)13-12(5,6)8-11(3,4)10(14)15-7/h9,13H,8H2,1-7H3. The van der Waals surface area contributed by atoms with Gasteiger partial charge in [-0.25, -0.2) is 0 Å². The predicted molar refractivity (Wildman–Crippen MR) is 62.8 cm³/mol. The first-order valence-electron chi connectivity index (χ1n) is 5.47. The minimum Gasteiger partial charge on any atom is -0.469 e. The van der Waals surface area contributed by atoms with E-state index in [4.69, 9.17) is 4.74 Å². The van der Waals surface area contributed by atoms with Gasteiger partial charge in [0.05, 0.1) is 12.5 Å². The molecular weight excluding hydrogens is 190 g/mol. The maximum Gasteiger partial charge on any atom is 0.311 e. The molecule has 0 aromatic heterocycles. The number of esters is 1. The number of ether oxygens (including phenoxy) is 1. The van der Waals surface area contributed by atoms with E-state index in [2.05, 4.69) is 33.0 Å². The Kier molecular flexibility index (Phi) is 4.78. The Morgan fingerprint density at radius 1 is 1.27 bits per heavy atom. The number of carbonyl (C=O) groups is 1. The van der Waals surface area contributed by atoms with Gasteiger partial charge in [-0.05, 0) is 34.1 Å². The van der Waals surface area contributed by atoms with Crippen LogP contribution in [0, 0.1) is 5.41 Å². The fourth-order valence-electron chi connectivity index (χ4n) is 2.29. The Morgan fingerprint density at radius 3 is 2.07 bits per heavy atom. The van der Waals surface area contributed by atoms with E-state index in [1.807, 2.05) is 13.8 Å². The molecule has 0 aliphatic carbocycles. The molecule has 0 bridgehead atoms. The van der Waals surface area contributed by atoms with Crippen LogP contribution < -0.4 is 5.32 Å². The number of hydrogen-bond acceptors (Lipinski definition) is 3. The van der Waals surface area contributed by atoms with E-state index in [0.29, 0.717) is 6.04 Å². The average molecular weight is 215 g/mol. The zero-order chi connectivity index (χ0) is 12.3. The summed E-state index contributed by atoms with van der Waals surface area (Å²) in [7, 11) is 1.44. The molecule has 0 amide bonds. The highest BCUT2D eigenvalue weighted by molar-refractivity contribution is 5.75. The van der Waals surface area contributed by atoms with Crippen molar-refractivity contribution in [2.45, 2.75) is 59.5 Å². The van der Waals surface area contributed by atoms with Gasteiger partial charge in [0.2, 0.25) is 0 Å². The number of methoxy groups -OCH3 is 1. The summed E-state index contributed by atoms with van der Waals surface area (Å²) < 4.78 is 4.80. The van der Waals surface area contributed by atoms with Crippen molar-refractivity contribution in [3.8, 4) is 0 Å². The van der Waals surface area contributed by atoms with Gasteiger partial charge >= 0.3 is 5.97 Å². The van der Waals surface area contributed by atoms with E-state index in [1.165, 1.54) is 7.11 Å². The van der Waals surface area contributed by atoms with Crippen molar-refractivity contribution in [2.75, 3.05) is 7.11 Å². The molecular formula is C12H25NO2. The third-order valence-corrected chi connectivity index (χ3v) is 2.30. The molecule has 0 aromatic carbocycles. The summed E-state index contributed by atoms with van der Waals surface area (Å²) in [6, 6.07) is 0.411. The van der Waals surface area contributed by atoms with Crippen molar-refractivity contribution < 1.29 is 9.53 Å². The Balaban J connectivity index is 4.49. The molecule has 3 nitrogen and oxygen atoms in total. The van der Waals surface area contributed by atoms with E-state index in [9.17, 15) is 4.79 Å². The molecule has 0 heterocycles. The summed E-state index contributed by atoms with van der Waals surface area (Å²) in [6.07, 6.45) is 0.755. The van der Waals surface area contributed by atoms with E-state index < -0.39 is 5.41 Å². The highest BCUT2D eigenvalue weighted by atomic mass is 16.5. The molecule has 0 fully saturated rings. The zero-order valence-electron chi connectivity index (χ0n) is 11.1. The number of nitrogens with one attached hydrogen (secondary N) is 1. The van der Waals surface area contributed by atoms with Gasteiger partial charge < -0.3 is 10.1 Å². The van der Waals surface area contributed by atoms with Gasteiger partial charge in [-0.2, -0.15) is 0 Å². The van der Waals surface area contributed by atoms with Crippen molar-refractivity contribution in [1.82, 2.24) is 5.32 Å². The van der Waals surface area contributed by atoms with E-state index >= 15 is 0 Å². The van der Waals surface area contributed by atoms with Crippen molar-refractivity contribution in [1.29, 1.82) is 0 Å². The smallest absolute Gasteiger partial charge is 0.311 e. The van der Waals surface area contributed by atoms with Crippen molar-refractivity contribution in [3.63, 3.8) is 0 Å². The summed E-state index contributed by atoms with van der Waals surface area (Å²) in [6.45, 7) is 12.3. The van der Waals surface area contributed by atoms with Crippen LogP contribution in [0.1, 0.15) is 48.0 Å². The van der Waals surface area contributed by atoms with Crippen LogP contribution in [0.2, 0.25) is 0 Å². The van der Waals surface area contributed by atoms with Gasteiger partial charge in [0, 0.05) is 11.6 Å². The second-order valence-corrected chi connectivity index (χ2v) is 5.74. The van der Waals surface area contributed by atoms with E-state index in [1.54, 1.807) is 0 Å². The van der Waals surface area contributed by atoms with Gasteiger partial charge in [0.25, 0.3) is 0 Å². The van der Waals surface area contributed by atoms with Gasteiger partial charge in [-0.3, -0.25) is 4.79 Å². The molecule has 15 heavy (non-hydrogen) atoms. The number of carbonyl (C=O) groups excluding carboxylic acids is 1. The minimum atomic E-state index is -0.444. The van der Waals surface area contributed by atoms with Crippen LogP contribution in [0.15, 0.2) is 0 Å². The fraction of sp³-hybridized carbons (Fsp3) is 0.917. The summed E-state index contributed by atoms with van der Waals surface area (Å²) in [4.78, 5) is 11.5. The molecule has 0 radical (unpaired) electrons. The third-order valence-electron chi connectivity index (χ3n) is 2.30. The first-order chi connectivity index (χ1) is 6.60. The Labute approximate surface area is 93.6 Å². The summed E-state index contributed by atoms with van der Waals surface area (Å²) in [5.41, 5.74) is -0.508. The number of hydrogen-bond donors (Lipinski definition) is 1. The Bertz CT molecular complexity index is 220. The molecule has 90 valence electrons. The average Bonchev–Trinajstić information content (AvgIpc) is 1.97. The molecule has 0 aliphatic heterocycles. The van der Waals surface area contributed by atoms with Crippen molar-refractivity contribution in [3.05, 3.63) is 0 Å². The second-order valence-electron chi connectivity index (χ2n) is 5.74. The highest BCUT2D eigenvalue weighted by Crippen LogP contribution is 2.29. The zero-order valence-corrected chi connectivity index (χ0v) is 11.1. The first kappa shape index (κ1) is 14.4. The summed E-state index contributed by atoms with van der Waals surface area (Å²) >= 11 is 0. The lowest BCUT2D eigenvalue weighted by Gasteiger charge is -2.35. The SMILES string of the molecule is COC(=O)C(C)(C)CC(C)(C)NC(C)C. The molecule has 0 saturated heterocycles. The maximum atomic E-state index is 11.5. The Hall–Kier alpha value is -0.570. The highest BCUT2D eigenvalue weighted by Gasteiger charge is 2.35. The van der Waals surface area contributed by atoms with Crippen LogP contribution in [-0.2, 0) is 9.53 Å². The van der Waals surface area contributed by atoms with Gasteiger partial charge in [0.1, 0.15) is 0 Å². The van der Waals surface area contributed by atoms with Gasteiger partial charge in [0.15, 0.2) is 0 Å². The van der Waals surface area contributed by atoms with Crippen molar-refractivity contribution in [2.24, 2.45) is 5.41 Å². The first-order valence-corrected chi connectivity index (χ1v) is 5.47. The lowest BCUT2D eigenvalue weighted by molar-refractivity contribution is -0.152. The fourth-order valence-corrected chi connectivity index (χ4v) is 2.29. The summed E-state index contributed by atoms with van der Waals surface area (Å²) in [5, 5.41) is 3.45. The van der Waals surface area contributed by atoms with Crippen LogP contribution >= 0.6 is 0 Å². The topological polar surface area (TPSA) is 38.3 Å². The second kappa shape index (κ2) is 4.97. The lowest BCUT2D eigenvalue weighted by Crippen LogP contribution is -2.48. The molecule has 0 rings (SSSR count). The molecule has 0 aromatic rings. The molecule has 3 heteroatoms. The van der Waals surface area contributed by atoms with Gasteiger partial charge in [-0.15, -0.1) is 0 Å². The van der Waals surface area contributed by atoms with Crippen LogP contribution in [0.4, 0.5) is 0 Å². The predicted octanol–water partition coefficient (Wildman–Crippen LogP) is 2.35. The molecule has 0 spiro atoms.